The van der Waals surface area contributed by atoms with E-state index in [1.807, 2.05) is 0 Å². The van der Waals surface area contributed by atoms with Crippen LogP contribution in [0.5, 0.6) is 0 Å². The van der Waals surface area contributed by atoms with Gasteiger partial charge in [-0.2, -0.15) is 0 Å². The summed E-state index contributed by atoms with van der Waals surface area (Å²) in [4.78, 5) is 29.0. The maximum Gasteiger partial charge on any atom is 0.309 e. The highest BCUT2D eigenvalue weighted by Gasteiger charge is 2.29. The molecule has 18 heavy (non-hydrogen) atoms. The fraction of sp³-hybridized carbons (Fsp3) is 0.583. The molecule has 1 amide bonds. The summed E-state index contributed by atoms with van der Waals surface area (Å²) >= 11 is 0. The van der Waals surface area contributed by atoms with Crippen LogP contribution in [0.4, 0.5) is 0 Å². The van der Waals surface area contributed by atoms with Gasteiger partial charge in [-0.25, -0.2) is 4.98 Å². The zero-order valence-corrected chi connectivity index (χ0v) is 10.3. The number of likely N-dealkylation sites (tertiary alicyclic amines) is 1. The van der Waals surface area contributed by atoms with Gasteiger partial charge in [0.15, 0.2) is 12.1 Å². The van der Waals surface area contributed by atoms with Crippen molar-refractivity contribution in [2.75, 3.05) is 19.7 Å². The van der Waals surface area contributed by atoms with Crippen LogP contribution in [0.15, 0.2) is 17.1 Å². The summed E-state index contributed by atoms with van der Waals surface area (Å²) in [5.74, 6) is -0.400. The van der Waals surface area contributed by atoms with E-state index >= 15 is 0 Å². The minimum atomic E-state index is -0.161. The Hall–Kier alpha value is -1.85. The fourth-order valence-electron chi connectivity index (χ4n) is 2.06. The van der Waals surface area contributed by atoms with Crippen LogP contribution < -0.4 is 0 Å². The van der Waals surface area contributed by atoms with Crippen molar-refractivity contribution in [2.24, 2.45) is 5.92 Å². The highest BCUT2D eigenvalue weighted by molar-refractivity contribution is 5.92. The van der Waals surface area contributed by atoms with Gasteiger partial charge in [0.05, 0.1) is 12.5 Å². The molecule has 0 saturated carbocycles. The Kier molecular flexibility index (Phi) is 3.96. The summed E-state index contributed by atoms with van der Waals surface area (Å²) in [5.41, 5.74) is 0.310. The zero-order valence-electron chi connectivity index (χ0n) is 10.3. The standard InChI is InChI=1S/C12H16N2O4/c1-2-18-12(16)9-3-5-14(6-4-9)11(15)10-7-17-8-13-10/h7-9H,2-6H2,1H3. The van der Waals surface area contributed by atoms with Gasteiger partial charge in [-0.05, 0) is 19.8 Å². The van der Waals surface area contributed by atoms with E-state index in [0.717, 1.165) is 0 Å². The van der Waals surface area contributed by atoms with Crippen molar-refractivity contribution in [3.8, 4) is 0 Å². The number of amides is 1. The van der Waals surface area contributed by atoms with E-state index in [1.54, 1.807) is 11.8 Å². The lowest BCUT2D eigenvalue weighted by Gasteiger charge is -2.30. The van der Waals surface area contributed by atoms with Crippen LogP contribution in [0.1, 0.15) is 30.3 Å². The second kappa shape index (κ2) is 5.66. The molecule has 1 aromatic rings. The number of carbonyl (C=O) groups excluding carboxylic acids is 2. The quantitative estimate of drug-likeness (QED) is 0.753. The first-order valence-electron chi connectivity index (χ1n) is 6.06. The summed E-state index contributed by atoms with van der Waals surface area (Å²) in [6.07, 6.45) is 3.85. The third kappa shape index (κ3) is 2.69. The molecular formula is C12H16N2O4. The molecule has 1 fully saturated rings. The Morgan fingerprint density at radius 2 is 2.22 bits per heavy atom. The molecule has 6 heteroatoms. The normalized spacial score (nSPS) is 16.6. The zero-order chi connectivity index (χ0) is 13.0. The summed E-state index contributed by atoms with van der Waals surface area (Å²) in [7, 11) is 0. The van der Waals surface area contributed by atoms with Gasteiger partial charge >= 0.3 is 5.97 Å². The van der Waals surface area contributed by atoms with E-state index < -0.39 is 0 Å². The molecule has 0 radical (unpaired) electrons. The number of ether oxygens (including phenoxy) is 1. The van der Waals surface area contributed by atoms with E-state index in [2.05, 4.69) is 4.98 Å². The Morgan fingerprint density at radius 1 is 1.50 bits per heavy atom. The molecule has 1 aromatic heterocycles. The first-order valence-corrected chi connectivity index (χ1v) is 6.06. The van der Waals surface area contributed by atoms with Crippen LogP contribution >= 0.6 is 0 Å². The van der Waals surface area contributed by atoms with Crippen molar-refractivity contribution in [3.05, 3.63) is 18.4 Å². The number of hydrogen-bond donors (Lipinski definition) is 0. The second-order valence-electron chi connectivity index (χ2n) is 4.19. The summed E-state index contributed by atoms with van der Waals surface area (Å²) in [6, 6.07) is 0. The van der Waals surface area contributed by atoms with E-state index in [9.17, 15) is 9.59 Å². The van der Waals surface area contributed by atoms with Crippen molar-refractivity contribution in [3.63, 3.8) is 0 Å². The smallest absolute Gasteiger partial charge is 0.309 e. The molecule has 1 aliphatic rings. The molecule has 0 N–H and O–H groups in total. The monoisotopic (exact) mass is 252 g/mol. The van der Waals surface area contributed by atoms with Crippen molar-refractivity contribution in [2.45, 2.75) is 19.8 Å². The lowest BCUT2D eigenvalue weighted by atomic mass is 9.97. The first-order chi connectivity index (χ1) is 8.72. The molecule has 0 atom stereocenters. The van der Waals surface area contributed by atoms with Crippen LogP contribution in [0.25, 0.3) is 0 Å². The van der Waals surface area contributed by atoms with Gasteiger partial charge in [0.25, 0.3) is 5.91 Å². The van der Waals surface area contributed by atoms with Gasteiger partial charge in [0.2, 0.25) is 0 Å². The number of oxazole rings is 1. The van der Waals surface area contributed by atoms with E-state index in [1.165, 1.54) is 12.7 Å². The molecule has 98 valence electrons. The van der Waals surface area contributed by atoms with Gasteiger partial charge < -0.3 is 14.1 Å². The minimum absolute atomic E-state index is 0.0914. The number of carbonyl (C=O) groups is 2. The molecule has 2 rings (SSSR count). The Labute approximate surface area is 105 Å². The largest absolute Gasteiger partial charge is 0.466 e. The summed E-state index contributed by atoms with van der Waals surface area (Å²) < 4.78 is 9.76. The maximum absolute atomic E-state index is 12.0. The van der Waals surface area contributed by atoms with Crippen LogP contribution in [0.3, 0.4) is 0 Å². The SMILES string of the molecule is CCOC(=O)C1CCN(C(=O)c2cocn2)CC1. The molecule has 0 unspecified atom stereocenters. The number of hydrogen-bond acceptors (Lipinski definition) is 5. The Bertz CT molecular complexity index is 408. The second-order valence-corrected chi connectivity index (χ2v) is 4.19. The predicted molar refractivity (Wildman–Crippen MR) is 61.8 cm³/mol. The predicted octanol–water partition coefficient (Wildman–Crippen LogP) is 1.09. The van der Waals surface area contributed by atoms with E-state index in [-0.39, 0.29) is 17.8 Å². The highest BCUT2D eigenvalue weighted by Crippen LogP contribution is 2.19. The van der Waals surface area contributed by atoms with E-state index in [4.69, 9.17) is 9.15 Å². The number of rotatable bonds is 3. The van der Waals surface area contributed by atoms with Gasteiger partial charge in [0, 0.05) is 13.1 Å². The maximum atomic E-state index is 12.0. The number of piperidine rings is 1. The number of nitrogens with zero attached hydrogens (tertiary/aromatic N) is 2. The van der Waals surface area contributed by atoms with E-state index in [0.29, 0.717) is 38.2 Å². The lowest BCUT2D eigenvalue weighted by molar-refractivity contribution is -0.149. The molecule has 0 aliphatic carbocycles. The molecule has 0 spiro atoms. The Balaban J connectivity index is 1.87. The molecule has 1 aliphatic heterocycles. The fourth-order valence-corrected chi connectivity index (χ4v) is 2.06. The number of esters is 1. The molecular weight excluding hydrogens is 236 g/mol. The first kappa shape index (κ1) is 12.6. The lowest BCUT2D eigenvalue weighted by Crippen LogP contribution is -2.40. The molecule has 0 aromatic carbocycles. The van der Waals surface area contributed by atoms with Gasteiger partial charge in [-0.1, -0.05) is 0 Å². The van der Waals surface area contributed by atoms with Crippen LogP contribution in [0.2, 0.25) is 0 Å². The third-order valence-corrected chi connectivity index (χ3v) is 3.05. The van der Waals surface area contributed by atoms with Crippen molar-refractivity contribution < 1.29 is 18.7 Å². The summed E-state index contributed by atoms with van der Waals surface area (Å²) in [6.45, 7) is 3.29. The van der Waals surface area contributed by atoms with Gasteiger partial charge in [0.1, 0.15) is 6.26 Å². The number of aromatic nitrogens is 1. The van der Waals surface area contributed by atoms with Crippen molar-refractivity contribution in [1.82, 2.24) is 9.88 Å². The third-order valence-electron chi connectivity index (χ3n) is 3.05. The van der Waals surface area contributed by atoms with Crippen molar-refractivity contribution >= 4 is 11.9 Å². The average Bonchev–Trinajstić information content (AvgIpc) is 2.92. The van der Waals surface area contributed by atoms with Gasteiger partial charge in [-0.15, -0.1) is 0 Å². The average molecular weight is 252 g/mol. The summed E-state index contributed by atoms with van der Waals surface area (Å²) in [5, 5.41) is 0. The van der Waals surface area contributed by atoms with Crippen LogP contribution in [-0.2, 0) is 9.53 Å². The topological polar surface area (TPSA) is 72.6 Å². The van der Waals surface area contributed by atoms with Crippen molar-refractivity contribution in [1.29, 1.82) is 0 Å². The molecule has 0 bridgehead atoms. The Morgan fingerprint density at radius 3 is 2.78 bits per heavy atom. The van der Waals surface area contributed by atoms with Crippen LogP contribution in [-0.4, -0.2) is 41.5 Å². The van der Waals surface area contributed by atoms with Gasteiger partial charge in [-0.3, -0.25) is 9.59 Å². The van der Waals surface area contributed by atoms with Crippen LogP contribution in [0, 0.1) is 5.92 Å². The molecule has 2 heterocycles. The molecule has 1 saturated heterocycles. The highest BCUT2D eigenvalue weighted by atomic mass is 16.5. The minimum Gasteiger partial charge on any atom is -0.466 e. The molecule has 6 nitrogen and oxygen atoms in total.